The summed E-state index contributed by atoms with van der Waals surface area (Å²) in [6.45, 7) is 2.53. The molecule has 1 amide bonds. The zero-order chi connectivity index (χ0) is 21.3. The maximum absolute atomic E-state index is 13.0. The van der Waals surface area contributed by atoms with Crippen LogP contribution in [0.2, 0.25) is 0 Å². The van der Waals surface area contributed by atoms with Crippen LogP contribution in [0, 0.1) is 5.92 Å². The fraction of sp³-hybridized carbons (Fsp3) is 0.625. The van der Waals surface area contributed by atoms with E-state index >= 15 is 0 Å². The lowest BCUT2D eigenvalue weighted by molar-refractivity contribution is -0.166. The van der Waals surface area contributed by atoms with Gasteiger partial charge < -0.3 is 24.6 Å². The van der Waals surface area contributed by atoms with Gasteiger partial charge in [-0.05, 0) is 56.4 Å². The number of benzene rings is 1. The van der Waals surface area contributed by atoms with Gasteiger partial charge in [-0.3, -0.25) is 4.79 Å². The molecule has 1 aliphatic heterocycles. The molecule has 1 heterocycles. The summed E-state index contributed by atoms with van der Waals surface area (Å²) in [5.41, 5.74) is 1.08. The average Bonchev–Trinajstić information content (AvgIpc) is 2.78. The molecular weight excluding hydrogens is 382 g/mol. The predicted molar refractivity (Wildman–Crippen MR) is 115 cm³/mol. The van der Waals surface area contributed by atoms with Gasteiger partial charge >= 0.3 is 0 Å². The third-order valence-corrected chi connectivity index (χ3v) is 6.08. The molecule has 6 heteroatoms. The number of aliphatic hydroxyl groups is 1. The molecule has 1 aromatic rings. The van der Waals surface area contributed by atoms with Crippen LogP contribution in [0.5, 0.6) is 5.75 Å². The van der Waals surface area contributed by atoms with E-state index in [1.54, 1.807) is 7.11 Å². The van der Waals surface area contributed by atoms with Crippen LogP contribution in [0.3, 0.4) is 0 Å². The maximum Gasteiger partial charge on any atom is 0.286 e. The molecule has 166 valence electrons. The van der Waals surface area contributed by atoms with Gasteiger partial charge in [-0.25, -0.2) is 0 Å². The third-order valence-electron chi connectivity index (χ3n) is 6.08. The molecule has 2 N–H and O–H groups in total. The highest BCUT2D eigenvalue weighted by Crippen LogP contribution is 2.39. The summed E-state index contributed by atoms with van der Waals surface area (Å²) in [4.78, 5) is 13.0. The first-order chi connectivity index (χ1) is 14.7. The minimum absolute atomic E-state index is 0.0109. The summed E-state index contributed by atoms with van der Waals surface area (Å²) in [7, 11) is 1.65. The van der Waals surface area contributed by atoms with Gasteiger partial charge in [0.05, 0.1) is 7.11 Å². The standard InChI is InChI=1S/C24H35NO5/c1-3-29-24-20(10-7-15-26)21(17-11-13-19(28-2)14-12-17)16-22(30-24)23(27)25-18-8-5-4-6-9-18/h11-14,16,18,20-21,24,26H,3-10,15H2,1-2H3,(H,25,27)/t20-,21+,24+/m0/s1. The van der Waals surface area contributed by atoms with E-state index in [1.807, 2.05) is 37.3 Å². The van der Waals surface area contributed by atoms with E-state index in [4.69, 9.17) is 14.2 Å². The summed E-state index contributed by atoms with van der Waals surface area (Å²) in [6.07, 6.45) is 8.40. The van der Waals surface area contributed by atoms with Crippen molar-refractivity contribution in [2.45, 2.75) is 70.1 Å². The molecule has 0 aromatic heterocycles. The van der Waals surface area contributed by atoms with Crippen LogP contribution in [-0.4, -0.2) is 43.7 Å². The Morgan fingerprint density at radius 3 is 2.57 bits per heavy atom. The first kappa shape index (κ1) is 22.6. The monoisotopic (exact) mass is 417 g/mol. The molecule has 0 saturated heterocycles. The average molecular weight is 418 g/mol. The van der Waals surface area contributed by atoms with Crippen LogP contribution in [0.25, 0.3) is 0 Å². The van der Waals surface area contributed by atoms with Gasteiger partial charge in [0, 0.05) is 31.1 Å². The number of methoxy groups -OCH3 is 1. The normalized spacial score (nSPS) is 24.6. The molecule has 1 fully saturated rings. The molecule has 1 aromatic carbocycles. The van der Waals surface area contributed by atoms with Crippen molar-refractivity contribution in [2.75, 3.05) is 20.3 Å². The molecule has 0 spiro atoms. The summed E-state index contributed by atoms with van der Waals surface area (Å²) in [5, 5.41) is 12.5. The number of rotatable bonds is 9. The smallest absolute Gasteiger partial charge is 0.286 e. The minimum atomic E-state index is -0.522. The molecule has 2 aliphatic rings. The van der Waals surface area contributed by atoms with E-state index in [-0.39, 0.29) is 30.4 Å². The van der Waals surface area contributed by atoms with Crippen LogP contribution >= 0.6 is 0 Å². The summed E-state index contributed by atoms with van der Waals surface area (Å²) < 4.78 is 17.3. The second-order valence-corrected chi connectivity index (χ2v) is 8.11. The van der Waals surface area contributed by atoms with Crippen molar-refractivity contribution in [1.29, 1.82) is 0 Å². The third kappa shape index (κ3) is 5.76. The molecule has 3 rings (SSSR count). The Morgan fingerprint density at radius 1 is 1.20 bits per heavy atom. The number of ether oxygens (including phenoxy) is 3. The van der Waals surface area contributed by atoms with E-state index in [0.29, 0.717) is 18.8 Å². The number of hydrogen-bond acceptors (Lipinski definition) is 5. The first-order valence-electron chi connectivity index (χ1n) is 11.2. The Morgan fingerprint density at radius 2 is 1.93 bits per heavy atom. The van der Waals surface area contributed by atoms with Gasteiger partial charge in [0.15, 0.2) is 5.76 Å². The van der Waals surface area contributed by atoms with E-state index in [0.717, 1.165) is 43.4 Å². The van der Waals surface area contributed by atoms with Crippen LogP contribution in [0.1, 0.15) is 63.4 Å². The van der Waals surface area contributed by atoms with E-state index in [9.17, 15) is 9.90 Å². The van der Waals surface area contributed by atoms with Gasteiger partial charge in [-0.1, -0.05) is 31.4 Å². The number of allylic oxidation sites excluding steroid dienone is 1. The van der Waals surface area contributed by atoms with Crippen molar-refractivity contribution >= 4 is 5.91 Å². The number of hydrogen-bond donors (Lipinski definition) is 2. The molecule has 6 nitrogen and oxygen atoms in total. The number of carbonyl (C=O) groups is 1. The summed E-state index contributed by atoms with van der Waals surface area (Å²) >= 11 is 0. The van der Waals surface area contributed by atoms with Crippen molar-refractivity contribution in [3.63, 3.8) is 0 Å². The topological polar surface area (TPSA) is 77.0 Å². The fourth-order valence-electron chi connectivity index (χ4n) is 4.47. The van der Waals surface area contributed by atoms with Crippen LogP contribution in [0.4, 0.5) is 0 Å². The van der Waals surface area contributed by atoms with Gasteiger partial charge in [0.25, 0.3) is 5.91 Å². The summed E-state index contributed by atoms with van der Waals surface area (Å²) in [6, 6.07) is 8.12. The molecule has 0 radical (unpaired) electrons. The first-order valence-corrected chi connectivity index (χ1v) is 11.2. The van der Waals surface area contributed by atoms with Gasteiger partial charge in [-0.15, -0.1) is 0 Å². The Hall–Kier alpha value is -2.05. The number of aliphatic hydroxyl groups excluding tert-OH is 1. The SMILES string of the molecule is CCO[C@@H]1OC(C(=O)NC2CCCCC2)=C[C@H](c2ccc(OC)cc2)[C@@H]1CCCO. The maximum atomic E-state index is 13.0. The van der Waals surface area contributed by atoms with Gasteiger partial charge in [0.2, 0.25) is 6.29 Å². The molecule has 0 unspecified atom stereocenters. The zero-order valence-electron chi connectivity index (χ0n) is 18.1. The lowest BCUT2D eigenvalue weighted by atomic mass is 9.80. The van der Waals surface area contributed by atoms with Crippen LogP contribution in [0.15, 0.2) is 36.1 Å². The Bertz CT molecular complexity index is 696. The molecule has 30 heavy (non-hydrogen) atoms. The van der Waals surface area contributed by atoms with Crippen molar-refractivity contribution in [3.05, 3.63) is 41.7 Å². The number of amides is 1. The highest BCUT2D eigenvalue weighted by atomic mass is 16.7. The zero-order valence-corrected chi connectivity index (χ0v) is 18.1. The summed E-state index contributed by atoms with van der Waals surface area (Å²) in [5.74, 6) is 0.931. The van der Waals surface area contributed by atoms with Crippen molar-refractivity contribution in [2.24, 2.45) is 5.92 Å². The molecule has 0 bridgehead atoms. The minimum Gasteiger partial charge on any atom is -0.497 e. The fourth-order valence-corrected chi connectivity index (χ4v) is 4.47. The van der Waals surface area contributed by atoms with Crippen molar-refractivity contribution < 1.29 is 24.1 Å². The lowest BCUT2D eigenvalue weighted by Crippen LogP contribution is -2.42. The Kier molecular flexibility index (Phi) is 8.58. The van der Waals surface area contributed by atoms with Crippen molar-refractivity contribution in [3.8, 4) is 5.75 Å². The molecule has 1 aliphatic carbocycles. The van der Waals surface area contributed by atoms with Crippen LogP contribution in [-0.2, 0) is 14.3 Å². The number of carbonyl (C=O) groups excluding carboxylic acids is 1. The Labute approximate surface area is 179 Å². The highest BCUT2D eigenvalue weighted by Gasteiger charge is 2.38. The molecule has 3 atom stereocenters. The second-order valence-electron chi connectivity index (χ2n) is 8.11. The van der Waals surface area contributed by atoms with E-state index in [1.165, 1.54) is 6.42 Å². The molecule has 1 saturated carbocycles. The van der Waals surface area contributed by atoms with Crippen LogP contribution < -0.4 is 10.1 Å². The number of nitrogens with one attached hydrogen (secondary N) is 1. The second kappa shape index (κ2) is 11.4. The lowest BCUT2D eigenvalue weighted by Gasteiger charge is -2.37. The Balaban J connectivity index is 1.86. The quantitative estimate of drug-likeness (QED) is 0.637. The van der Waals surface area contributed by atoms with E-state index < -0.39 is 6.29 Å². The van der Waals surface area contributed by atoms with Gasteiger partial charge in [-0.2, -0.15) is 0 Å². The van der Waals surface area contributed by atoms with Gasteiger partial charge in [0.1, 0.15) is 5.75 Å². The largest absolute Gasteiger partial charge is 0.497 e. The van der Waals surface area contributed by atoms with Crippen molar-refractivity contribution in [1.82, 2.24) is 5.32 Å². The highest BCUT2D eigenvalue weighted by molar-refractivity contribution is 5.92. The molecular formula is C24H35NO5. The van der Waals surface area contributed by atoms with E-state index in [2.05, 4.69) is 5.32 Å². The predicted octanol–water partition coefficient (Wildman–Crippen LogP) is 3.89.